The van der Waals surface area contributed by atoms with Crippen molar-refractivity contribution in [2.45, 2.75) is 44.2 Å². The fourth-order valence-corrected chi connectivity index (χ4v) is 3.25. The molecule has 1 aromatic carbocycles. The van der Waals surface area contributed by atoms with E-state index in [4.69, 9.17) is 4.42 Å². The smallest absolute Gasteiger partial charge is 0.230 e. The average Bonchev–Trinajstić information content (AvgIpc) is 3.02. The van der Waals surface area contributed by atoms with E-state index < -0.39 is 6.10 Å². The van der Waals surface area contributed by atoms with Crippen LogP contribution in [-0.4, -0.2) is 22.8 Å². The van der Waals surface area contributed by atoms with Gasteiger partial charge in [0.1, 0.15) is 11.9 Å². The summed E-state index contributed by atoms with van der Waals surface area (Å²) in [7, 11) is 0. The largest absolute Gasteiger partial charge is 0.467 e. The van der Waals surface area contributed by atoms with Gasteiger partial charge in [-0.15, -0.1) is 11.8 Å². The van der Waals surface area contributed by atoms with Crippen molar-refractivity contribution in [3.63, 3.8) is 0 Å². The molecule has 0 saturated carbocycles. The summed E-state index contributed by atoms with van der Waals surface area (Å²) in [6, 6.07) is 9.58. The first kappa shape index (κ1) is 17.6. The highest BCUT2D eigenvalue weighted by molar-refractivity contribution is 8.00. The van der Waals surface area contributed by atoms with Crippen LogP contribution in [0.4, 0.5) is 0 Å². The molecule has 0 bridgehead atoms. The van der Waals surface area contributed by atoms with Crippen LogP contribution in [0.25, 0.3) is 0 Å². The number of aryl methyl sites for hydroxylation is 2. The fraction of sp³-hybridized carbons (Fsp3) is 0.389. The Morgan fingerprint density at radius 3 is 2.83 bits per heavy atom. The molecule has 0 aliphatic rings. The highest BCUT2D eigenvalue weighted by Gasteiger charge is 2.16. The Hall–Kier alpha value is -1.72. The molecule has 23 heavy (non-hydrogen) atoms. The number of aliphatic hydroxyl groups is 1. The van der Waals surface area contributed by atoms with Crippen molar-refractivity contribution in [2.75, 3.05) is 5.75 Å². The zero-order valence-electron chi connectivity index (χ0n) is 13.7. The van der Waals surface area contributed by atoms with Gasteiger partial charge in [0.25, 0.3) is 0 Å². The molecule has 0 saturated heterocycles. The summed E-state index contributed by atoms with van der Waals surface area (Å²) in [6.45, 7) is 5.97. The molecule has 4 nitrogen and oxygen atoms in total. The number of hydrogen-bond donors (Lipinski definition) is 2. The molecule has 2 atom stereocenters. The maximum Gasteiger partial charge on any atom is 0.230 e. The molecule has 1 aromatic heterocycles. The summed E-state index contributed by atoms with van der Waals surface area (Å²) < 4.78 is 5.16. The average molecular weight is 333 g/mol. The molecule has 0 radical (unpaired) electrons. The molecule has 2 aromatic rings. The lowest BCUT2D eigenvalue weighted by atomic mass is 10.1. The summed E-state index contributed by atoms with van der Waals surface area (Å²) in [5, 5.41) is 12.9. The van der Waals surface area contributed by atoms with Crippen LogP contribution in [0.5, 0.6) is 0 Å². The summed E-state index contributed by atoms with van der Waals surface area (Å²) in [6.07, 6.45) is 1.25. The zero-order chi connectivity index (χ0) is 16.8. The number of carbonyl (C=O) groups excluding carboxylic acids is 1. The minimum Gasteiger partial charge on any atom is -0.467 e. The van der Waals surface area contributed by atoms with Crippen molar-refractivity contribution < 1.29 is 14.3 Å². The van der Waals surface area contributed by atoms with Gasteiger partial charge in [-0.25, -0.2) is 0 Å². The van der Waals surface area contributed by atoms with Crippen molar-refractivity contribution >= 4 is 17.7 Å². The van der Waals surface area contributed by atoms with E-state index in [1.165, 1.54) is 29.2 Å². The molecule has 0 fully saturated rings. The standard InChI is InChI=1S/C18H23NO3S/c1-12-6-7-13(2)17(9-12)23-11-18(21)19-14(3)10-15(20)16-5-4-8-22-16/h4-9,14-15,20H,10-11H2,1-3H3,(H,19,21). The number of amides is 1. The van der Waals surface area contributed by atoms with E-state index in [9.17, 15) is 9.90 Å². The van der Waals surface area contributed by atoms with Gasteiger partial charge in [0, 0.05) is 17.4 Å². The number of thioether (sulfide) groups is 1. The van der Waals surface area contributed by atoms with Gasteiger partial charge in [-0.05, 0) is 44.5 Å². The highest BCUT2D eigenvalue weighted by atomic mass is 32.2. The third-order valence-corrected chi connectivity index (χ3v) is 4.72. The Morgan fingerprint density at radius 2 is 2.13 bits per heavy atom. The minimum absolute atomic E-state index is 0.0324. The Bertz CT molecular complexity index is 640. The number of rotatable bonds is 7. The molecule has 5 heteroatoms. The van der Waals surface area contributed by atoms with Crippen LogP contribution >= 0.6 is 11.8 Å². The first-order valence-electron chi connectivity index (χ1n) is 7.66. The fourth-order valence-electron chi connectivity index (χ4n) is 2.31. The summed E-state index contributed by atoms with van der Waals surface area (Å²) in [5.74, 6) is 0.858. The quantitative estimate of drug-likeness (QED) is 0.760. The van der Waals surface area contributed by atoms with Gasteiger partial charge in [-0.2, -0.15) is 0 Å². The molecule has 0 spiro atoms. The maximum absolute atomic E-state index is 12.1. The van der Waals surface area contributed by atoms with Gasteiger partial charge in [0.2, 0.25) is 5.91 Å². The van der Waals surface area contributed by atoms with Gasteiger partial charge in [-0.1, -0.05) is 17.7 Å². The minimum atomic E-state index is -0.702. The lowest BCUT2D eigenvalue weighted by Gasteiger charge is -2.16. The number of hydrogen-bond acceptors (Lipinski definition) is 4. The molecule has 2 N–H and O–H groups in total. The van der Waals surface area contributed by atoms with Crippen LogP contribution in [0, 0.1) is 13.8 Å². The van der Waals surface area contributed by atoms with Crippen molar-refractivity contribution in [1.82, 2.24) is 5.32 Å². The second kappa shape index (κ2) is 8.22. The Morgan fingerprint density at radius 1 is 1.35 bits per heavy atom. The van der Waals surface area contributed by atoms with E-state index in [1.807, 2.05) is 20.8 Å². The number of aliphatic hydroxyl groups excluding tert-OH is 1. The van der Waals surface area contributed by atoms with Crippen LogP contribution in [0.3, 0.4) is 0 Å². The van der Waals surface area contributed by atoms with Gasteiger partial charge in [0.05, 0.1) is 12.0 Å². The molecule has 0 aliphatic carbocycles. The van der Waals surface area contributed by atoms with Crippen LogP contribution in [0.1, 0.15) is 36.3 Å². The summed E-state index contributed by atoms with van der Waals surface area (Å²) >= 11 is 1.53. The second-order valence-electron chi connectivity index (χ2n) is 5.79. The number of nitrogens with one attached hydrogen (secondary N) is 1. The van der Waals surface area contributed by atoms with Gasteiger partial charge >= 0.3 is 0 Å². The molecular weight excluding hydrogens is 310 g/mol. The lowest BCUT2D eigenvalue weighted by molar-refractivity contribution is -0.119. The molecule has 0 aliphatic heterocycles. The highest BCUT2D eigenvalue weighted by Crippen LogP contribution is 2.23. The van der Waals surface area contributed by atoms with E-state index in [1.54, 1.807) is 12.1 Å². The van der Waals surface area contributed by atoms with Crippen LogP contribution in [-0.2, 0) is 4.79 Å². The maximum atomic E-state index is 12.1. The predicted molar refractivity (Wildman–Crippen MR) is 92.5 cm³/mol. The zero-order valence-corrected chi connectivity index (χ0v) is 14.5. The Balaban J connectivity index is 1.79. The van der Waals surface area contributed by atoms with E-state index in [2.05, 4.69) is 23.5 Å². The predicted octanol–water partition coefficient (Wildman–Crippen LogP) is 3.62. The second-order valence-corrected chi connectivity index (χ2v) is 6.81. The molecule has 1 amide bonds. The summed E-state index contributed by atoms with van der Waals surface area (Å²) in [5.41, 5.74) is 2.36. The van der Waals surface area contributed by atoms with Crippen molar-refractivity contribution in [3.05, 3.63) is 53.5 Å². The Kier molecular flexibility index (Phi) is 6.30. The van der Waals surface area contributed by atoms with Gasteiger partial charge in [0.15, 0.2) is 0 Å². The third kappa shape index (κ3) is 5.44. The molecule has 1 heterocycles. The normalized spacial score (nSPS) is 13.6. The van der Waals surface area contributed by atoms with Crippen molar-refractivity contribution in [2.24, 2.45) is 0 Å². The van der Waals surface area contributed by atoms with E-state index >= 15 is 0 Å². The van der Waals surface area contributed by atoms with E-state index in [-0.39, 0.29) is 11.9 Å². The first-order valence-corrected chi connectivity index (χ1v) is 8.65. The van der Waals surface area contributed by atoms with Crippen LogP contribution in [0.15, 0.2) is 45.9 Å². The van der Waals surface area contributed by atoms with E-state index in [0.717, 1.165) is 4.90 Å². The molecule has 2 unspecified atom stereocenters. The van der Waals surface area contributed by atoms with Crippen LogP contribution < -0.4 is 5.32 Å². The molecule has 124 valence electrons. The summed E-state index contributed by atoms with van der Waals surface area (Å²) in [4.78, 5) is 13.2. The number of benzene rings is 1. The van der Waals surface area contributed by atoms with Crippen molar-refractivity contribution in [1.29, 1.82) is 0 Å². The Labute approximate surface area is 141 Å². The van der Waals surface area contributed by atoms with Crippen LogP contribution in [0.2, 0.25) is 0 Å². The third-order valence-electron chi connectivity index (χ3n) is 3.56. The molecular formula is C18H23NO3S. The number of furan rings is 1. The van der Waals surface area contributed by atoms with Gasteiger partial charge < -0.3 is 14.8 Å². The first-order chi connectivity index (χ1) is 11.0. The van der Waals surface area contributed by atoms with Crippen molar-refractivity contribution in [3.8, 4) is 0 Å². The monoisotopic (exact) mass is 333 g/mol. The van der Waals surface area contributed by atoms with Gasteiger partial charge in [-0.3, -0.25) is 4.79 Å². The van der Waals surface area contributed by atoms with E-state index in [0.29, 0.717) is 17.9 Å². The molecule has 2 rings (SSSR count). The lowest BCUT2D eigenvalue weighted by Crippen LogP contribution is -2.34. The topological polar surface area (TPSA) is 62.5 Å². The number of carbonyl (C=O) groups is 1. The SMILES string of the molecule is Cc1ccc(C)c(SCC(=O)NC(C)CC(O)c2ccco2)c1.